The van der Waals surface area contributed by atoms with Crippen LogP contribution in [0.5, 0.6) is 17.2 Å². The highest BCUT2D eigenvalue weighted by atomic mass is 79.9. The molecule has 0 N–H and O–H groups in total. The summed E-state index contributed by atoms with van der Waals surface area (Å²) in [6.07, 6.45) is 1.68. The van der Waals surface area contributed by atoms with Gasteiger partial charge in [0.2, 0.25) is 5.75 Å². The second-order valence-corrected chi connectivity index (χ2v) is 7.93. The third kappa shape index (κ3) is 5.72. The second-order valence-electron chi connectivity index (χ2n) is 7.08. The van der Waals surface area contributed by atoms with Gasteiger partial charge in [0.05, 0.1) is 32.7 Å². The summed E-state index contributed by atoms with van der Waals surface area (Å²) in [7, 11) is 0. The van der Waals surface area contributed by atoms with Crippen LogP contribution in [0, 0.1) is 34.1 Å². The molecule has 0 aliphatic heterocycles. The fourth-order valence-electron chi connectivity index (χ4n) is 3.08. The maximum Gasteiger partial charge on any atom is 0.318 e. The molecule has 0 aliphatic rings. The Morgan fingerprint density at radius 3 is 2.39 bits per heavy atom. The van der Waals surface area contributed by atoms with E-state index >= 15 is 0 Å². The number of benzene rings is 3. The molecule has 0 saturated carbocycles. The Balaban J connectivity index is 1.99. The van der Waals surface area contributed by atoms with Crippen molar-refractivity contribution in [1.82, 2.24) is 0 Å². The van der Waals surface area contributed by atoms with Crippen molar-refractivity contribution in [2.75, 3.05) is 6.61 Å². The Hall–Kier alpha value is -3.79. The summed E-state index contributed by atoms with van der Waals surface area (Å²) in [6, 6.07) is 12.6. The Morgan fingerprint density at radius 1 is 1.00 bits per heavy atom. The van der Waals surface area contributed by atoms with E-state index in [1.165, 1.54) is 6.07 Å². The normalized spacial score (nSPS) is 10.9. The standard InChI is InChI=1S/C23H20BrN3O6/c1-4-32-22-11-16(13-25-19-7-5-14(2)9-15(19)3)10-18(24)23(22)33-21-8-6-17(26(28)29)12-20(21)27(30)31/h5-13H,4H2,1-3H3. The molecule has 0 radical (unpaired) electrons. The van der Waals surface area contributed by atoms with Crippen molar-refractivity contribution >= 4 is 39.2 Å². The van der Waals surface area contributed by atoms with Crippen LogP contribution in [0.4, 0.5) is 17.1 Å². The quantitative estimate of drug-likeness (QED) is 0.185. The smallest absolute Gasteiger partial charge is 0.318 e. The highest BCUT2D eigenvalue weighted by molar-refractivity contribution is 9.10. The lowest BCUT2D eigenvalue weighted by Gasteiger charge is -2.14. The fourth-order valence-corrected chi connectivity index (χ4v) is 3.62. The number of aliphatic imine (C=N–C) groups is 1. The Morgan fingerprint density at radius 2 is 1.76 bits per heavy atom. The van der Waals surface area contributed by atoms with Gasteiger partial charge in [0.1, 0.15) is 0 Å². The number of nitrogens with zero attached hydrogens (tertiary/aromatic N) is 3. The summed E-state index contributed by atoms with van der Waals surface area (Å²) in [4.78, 5) is 25.5. The zero-order chi connectivity index (χ0) is 24.1. The number of ether oxygens (including phenoxy) is 2. The van der Waals surface area contributed by atoms with Crippen LogP contribution in [0.1, 0.15) is 23.6 Å². The first-order valence-electron chi connectivity index (χ1n) is 9.88. The number of non-ortho nitro benzene ring substituents is 1. The minimum absolute atomic E-state index is 0.149. The first-order valence-corrected chi connectivity index (χ1v) is 10.7. The molecular weight excluding hydrogens is 494 g/mol. The molecule has 3 aromatic rings. The molecular formula is C23H20BrN3O6. The molecule has 0 fully saturated rings. The fraction of sp³-hybridized carbons (Fsp3) is 0.174. The third-order valence-corrected chi connectivity index (χ3v) is 5.19. The van der Waals surface area contributed by atoms with Gasteiger partial charge in [-0.3, -0.25) is 25.2 Å². The van der Waals surface area contributed by atoms with Crippen molar-refractivity contribution < 1.29 is 19.3 Å². The molecule has 0 unspecified atom stereocenters. The van der Waals surface area contributed by atoms with E-state index in [9.17, 15) is 20.2 Å². The van der Waals surface area contributed by atoms with Crippen LogP contribution >= 0.6 is 15.9 Å². The van der Waals surface area contributed by atoms with Crippen LogP contribution in [-0.2, 0) is 0 Å². The van der Waals surface area contributed by atoms with Crippen molar-refractivity contribution in [1.29, 1.82) is 0 Å². The van der Waals surface area contributed by atoms with Crippen molar-refractivity contribution in [3.63, 3.8) is 0 Å². The highest BCUT2D eigenvalue weighted by Gasteiger charge is 2.23. The summed E-state index contributed by atoms with van der Waals surface area (Å²) in [5, 5.41) is 22.4. The zero-order valence-corrected chi connectivity index (χ0v) is 19.7. The van der Waals surface area contributed by atoms with Crippen LogP contribution in [0.15, 0.2) is 58.0 Å². The van der Waals surface area contributed by atoms with Crippen molar-refractivity contribution in [2.45, 2.75) is 20.8 Å². The van der Waals surface area contributed by atoms with Gasteiger partial charge in [-0.1, -0.05) is 17.7 Å². The summed E-state index contributed by atoms with van der Waals surface area (Å²) in [6.45, 7) is 6.11. The number of nitro benzene ring substituents is 2. The van der Waals surface area contributed by atoms with E-state index in [2.05, 4.69) is 20.9 Å². The molecule has 0 bridgehead atoms. The monoisotopic (exact) mass is 513 g/mol. The van der Waals surface area contributed by atoms with Crippen molar-refractivity contribution in [3.05, 3.63) is 89.9 Å². The van der Waals surface area contributed by atoms with Crippen LogP contribution in [-0.4, -0.2) is 22.7 Å². The Bertz CT molecular complexity index is 1260. The van der Waals surface area contributed by atoms with Gasteiger partial charge >= 0.3 is 5.69 Å². The van der Waals surface area contributed by atoms with Crippen LogP contribution in [0.25, 0.3) is 0 Å². The molecule has 9 nitrogen and oxygen atoms in total. The number of hydrogen-bond donors (Lipinski definition) is 0. The van der Waals surface area contributed by atoms with Crippen LogP contribution < -0.4 is 9.47 Å². The molecule has 0 aliphatic carbocycles. The summed E-state index contributed by atoms with van der Waals surface area (Å²) in [5.74, 6) is 0.392. The van der Waals surface area contributed by atoms with E-state index in [-0.39, 0.29) is 11.5 Å². The second kappa shape index (κ2) is 10.2. The largest absolute Gasteiger partial charge is 0.490 e. The molecule has 33 heavy (non-hydrogen) atoms. The number of hydrogen-bond acceptors (Lipinski definition) is 7. The average molecular weight is 514 g/mol. The molecule has 170 valence electrons. The topological polar surface area (TPSA) is 117 Å². The predicted molar refractivity (Wildman–Crippen MR) is 128 cm³/mol. The Kier molecular flexibility index (Phi) is 7.39. The van der Waals surface area contributed by atoms with Gasteiger partial charge in [-0.05, 0) is 72.1 Å². The number of aryl methyl sites for hydroxylation is 2. The lowest BCUT2D eigenvalue weighted by Crippen LogP contribution is -2.00. The van der Waals surface area contributed by atoms with Gasteiger partial charge in [-0.15, -0.1) is 0 Å². The van der Waals surface area contributed by atoms with Gasteiger partial charge in [0.15, 0.2) is 11.5 Å². The number of rotatable bonds is 8. The Labute approximate surface area is 198 Å². The van der Waals surface area contributed by atoms with Gasteiger partial charge in [0, 0.05) is 12.3 Å². The van der Waals surface area contributed by atoms with Crippen molar-refractivity contribution in [3.8, 4) is 17.2 Å². The van der Waals surface area contributed by atoms with Gasteiger partial charge in [-0.25, -0.2) is 0 Å². The molecule has 0 amide bonds. The van der Waals surface area contributed by atoms with E-state index in [1.807, 2.05) is 32.0 Å². The molecule has 0 spiro atoms. The predicted octanol–water partition coefficient (Wildman–Crippen LogP) is 6.82. The lowest BCUT2D eigenvalue weighted by atomic mass is 10.1. The third-order valence-electron chi connectivity index (χ3n) is 4.60. The first-order chi connectivity index (χ1) is 15.7. The average Bonchev–Trinajstić information content (AvgIpc) is 2.75. The van der Waals surface area contributed by atoms with E-state index < -0.39 is 21.2 Å². The minimum Gasteiger partial charge on any atom is -0.490 e. The summed E-state index contributed by atoms with van der Waals surface area (Å²) >= 11 is 3.43. The zero-order valence-electron chi connectivity index (χ0n) is 18.1. The molecule has 10 heteroatoms. The first kappa shape index (κ1) is 23.9. The van der Waals surface area contributed by atoms with E-state index in [0.717, 1.165) is 34.5 Å². The number of nitro groups is 2. The molecule has 0 atom stereocenters. The molecule has 0 aromatic heterocycles. The van der Waals surface area contributed by atoms with Crippen molar-refractivity contribution in [2.24, 2.45) is 4.99 Å². The number of halogens is 1. The maximum atomic E-state index is 11.4. The maximum absolute atomic E-state index is 11.4. The van der Waals surface area contributed by atoms with E-state index in [1.54, 1.807) is 25.3 Å². The molecule has 0 heterocycles. The highest BCUT2D eigenvalue weighted by Crippen LogP contribution is 2.43. The van der Waals surface area contributed by atoms with E-state index in [0.29, 0.717) is 16.8 Å². The summed E-state index contributed by atoms with van der Waals surface area (Å²) < 4.78 is 12.0. The van der Waals surface area contributed by atoms with Gasteiger partial charge < -0.3 is 9.47 Å². The van der Waals surface area contributed by atoms with E-state index in [4.69, 9.17) is 9.47 Å². The lowest BCUT2D eigenvalue weighted by molar-refractivity contribution is -0.394. The van der Waals surface area contributed by atoms with Crippen LogP contribution in [0.2, 0.25) is 0 Å². The van der Waals surface area contributed by atoms with Gasteiger partial charge in [0.25, 0.3) is 5.69 Å². The molecule has 3 aromatic carbocycles. The molecule has 3 rings (SSSR count). The SMILES string of the molecule is CCOc1cc(C=Nc2ccc(C)cc2C)cc(Br)c1Oc1ccc([N+](=O)[O-])cc1[N+](=O)[O-]. The van der Waals surface area contributed by atoms with Gasteiger partial charge in [-0.2, -0.15) is 0 Å². The molecule has 0 saturated heterocycles. The van der Waals surface area contributed by atoms with Crippen LogP contribution in [0.3, 0.4) is 0 Å². The summed E-state index contributed by atoms with van der Waals surface area (Å²) in [5.41, 5.74) is 2.80. The minimum atomic E-state index is -0.735.